The molecular formula is C18H20ClNO3. The summed E-state index contributed by atoms with van der Waals surface area (Å²) in [6.45, 7) is 0.582. The second kappa shape index (κ2) is 8.44. The van der Waals surface area contributed by atoms with Crippen molar-refractivity contribution in [3.05, 3.63) is 58.6 Å². The maximum atomic E-state index is 12.0. The number of carbonyl (C=O) groups is 1. The van der Waals surface area contributed by atoms with Crippen molar-refractivity contribution in [3.8, 4) is 11.5 Å². The molecule has 1 amide bonds. The van der Waals surface area contributed by atoms with Crippen LogP contribution in [0.1, 0.15) is 11.1 Å². The summed E-state index contributed by atoms with van der Waals surface area (Å²) in [5.74, 6) is 1.45. The molecule has 23 heavy (non-hydrogen) atoms. The van der Waals surface area contributed by atoms with E-state index >= 15 is 0 Å². The third kappa shape index (κ3) is 5.18. The summed E-state index contributed by atoms with van der Waals surface area (Å²) in [6, 6.07) is 13.1. The zero-order valence-electron chi connectivity index (χ0n) is 13.3. The predicted octanol–water partition coefficient (Wildman–Crippen LogP) is 3.26. The van der Waals surface area contributed by atoms with Gasteiger partial charge in [0.15, 0.2) is 0 Å². The Kier molecular flexibility index (Phi) is 6.29. The Morgan fingerprint density at radius 1 is 1.04 bits per heavy atom. The highest BCUT2D eigenvalue weighted by atomic mass is 35.5. The Balaban J connectivity index is 1.80. The molecule has 0 saturated carbocycles. The normalized spacial score (nSPS) is 10.2. The van der Waals surface area contributed by atoms with Gasteiger partial charge in [-0.25, -0.2) is 0 Å². The minimum Gasteiger partial charge on any atom is -0.497 e. The van der Waals surface area contributed by atoms with Gasteiger partial charge in [0.05, 0.1) is 20.6 Å². The van der Waals surface area contributed by atoms with E-state index in [2.05, 4.69) is 5.32 Å². The maximum absolute atomic E-state index is 12.0. The van der Waals surface area contributed by atoms with Gasteiger partial charge in [-0.2, -0.15) is 0 Å². The van der Waals surface area contributed by atoms with Crippen LogP contribution in [0.25, 0.3) is 0 Å². The van der Waals surface area contributed by atoms with Crippen molar-refractivity contribution in [2.75, 3.05) is 20.8 Å². The lowest BCUT2D eigenvalue weighted by atomic mass is 10.1. The number of methoxy groups -OCH3 is 2. The third-order valence-corrected chi connectivity index (χ3v) is 3.86. The number of ether oxygens (including phenoxy) is 2. The first-order valence-electron chi connectivity index (χ1n) is 7.34. The van der Waals surface area contributed by atoms with Crippen LogP contribution in [0.15, 0.2) is 42.5 Å². The van der Waals surface area contributed by atoms with Gasteiger partial charge >= 0.3 is 0 Å². The second-order valence-electron chi connectivity index (χ2n) is 5.08. The van der Waals surface area contributed by atoms with Gasteiger partial charge in [-0.3, -0.25) is 4.79 Å². The number of amides is 1. The number of benzene rings is 2. The molecule has 0 bridgehead atoms. The first kappa shape index (κ1) is 17.2. The molecule has 0 aromatic heterocycles. The van der Waals surface area contributed by atoms with E-state index in [0.717, 1.165) is 23.3 Å². The summed E-state index contributed by atoms with van der Waals surface area (Å²) < 4.78 is 10.2. The Morgan fingerprint density at radius 2 is 1.70 bits per heavy atom. The summed E-state index contributed by atoms with van der Waals surface area (Å²) in [4.78, 5) is 12.0. The highest BCUT2D eigenvalue weighted by Crippen LogP contribution is 2.22. The maximum Gasteiger partial charge on any atom is 0.224 e. The van der Waals surface area contributed by atoms with Gasteiger partial charge in [0.25, 0.3) is 0 Å². The summed E-state index contributed by atoms with van der Waals surface area (Å²) >= 11 is 6.14. The lowest BCUT2D eigenvalue weighted by Gasteiger charge is -2.08. The summed E-state index contributed by atoms with van der Waals surface area (Å²) in [5.41, 5.74) is 1.93. The molecular weight excluding hydrogens is 314 g/mol. The second-order valence-corrected chi connectivity index (χ2v) is 5.49. The van der Waals surface area contributed by atoms with Crippen LogP contribution in [0.5, 0.6) is 11.5 Å². The van der Waals surface area contributed by atoms with Crippen molar-refractivity contribution in [2.45, 2.75) is 12.8 Å². The number of hydrogen-bond acceptors (Lipinski definition) is 3. The monoisotopic (exact) mass is 333 g/mol. The quantitative estimate of drug-likeness (QED) is 0.846. The molecule has 0 unspecified atom stereocenters. The van der Waals surface area contributed by atoms with Gasteiger partial charge in [-0.1, -0.05) is 29.8 Å². The lowest BCUT2D eigenvalue weighted by molar-refractivity contribution is -0.120. The largest absolute Gasteiger partial charge is 0.497 e. The number of halogens is 1. The van der Waals surface area contributed by atoms with Crippen molar-refractivity contribution < 1.29 is 14.3 Å². The first-order valence-corrected chi connectivity index (χ1v) is 7.72. The van der Waals surface area contributed by atoms with Crippen LogP contribution >= 0.6 is 11.6 Å². The molecule has 0 fully saturated rings. The van der Waals surface area contributed by atoms with Gasteiger partial charge in [0.1, 0.15) is 11.5 Å². The number of carbonyl (C=O) groups excluding carboxylic acids is 1. The smallest absolute Gasteiger partial charge is 0.224 e. The molecule has 0 heterocycles. The summed E-state index contributed by atoms with van der Waals surface area (Å²) in [6.07, 6.45) is 1.03. The van der Waals surface area contributed by atoms with Crippen molar-refractivity contribution in [2.24, 2.45) is 0 Å². The topological polar surface area (TPSA) is 47.6 Å². The van der Waals surface area contributed by atoms with Crippen molar-refractivity contribution in [1.82, 2.24) is 5.32 Å². The third-order valence-electron chi connectivity index (χ3n) is 3.51. The Bertz CT molecular complexity index is 656. The van der Waals surface area contributed by atoms with E-state index in [0.29, 0.717) is 17.3 Å². The first-order chi connectivity index (χ1) is 11.1. The Hall–Kier alpha value is -2.20. The highest BCUT2D eigenvalue weighted by molar-refractivity contribution is 6.31. The summed E-state index contributed by atoms with van der Waals surface area (Å²) in [5, 5.41) is 3.44. The Labute approximate surface area is 141 Å². The van der Waals surface area contributed by atoms with Gasteiger partial charge < -0.3 is 14.8 Å². The van der Waals surface area contributed by atoms with Crippen LogP contribution in [0.3, 0.4) is 0 Å². The fourth-order valence-electron chi connectivity index (χ4n) is 2.17. The molecule has 0 aliphatic heterocycles. The average molecular weight is 334 g/mol. The van der Waals surface area contributed by atoms with E-state index in [-0.39, 0.29) is 12.3 Å². The van der Waals surface area contributed by atoms with Crippen LogP contribution < -0.4 is 14.8 Å². The number of hydrogen-bond donors (Lipinski definition) is 1. The molecule has 0 radical (unpaired) electrons. The minimum atomic E-state index is -0.0504. The number of nitrogens with one attached hydrogen (secondary N) is 1. The van der Waals surface area contributed by atoms with E-state index in [9.17, 15) is 4.79 Å². The van der Waals surface area contributed by atoms with Crippen LogP contribution in [-0.4, -0.2) is 26.7 Å². The molecule has 2 aromatic carbocycles. The van der Waals surface area contributed by atoms with E-state index in [1.54, 1.807) is 26.4 Å². The zero-order valence-corrected chi connectivity index (χ0v) is 14.0. The zero-order chi connectivity index (χ0) is 16.7. The predicted molar refractivity (Wildman–Crippen MR) is 91.4 cm³/mol. The SMILES string of the molecule is COc1ccc(CCNC(=O)Cc2ccc(OC)cc2Cl)cc1. The molecule has 2 rings (SSSR count). The van der Waals surface area contributed by atoms with Crippen molar-refractivity contribution >= 4 is 17.5 Å². The van der Waals surface area contributed by atoms with Gasteiger partial charge in [-0.15, -0.1) is 0 Å². The standard InChI is InChI=1S/C18H20ClNO3/c1-22-15-6-3-13(4-7-15)9-10-20-18(21)11-14-5-8-16(23-2)12-17(14)19/h3-8,12H,9-11H2,1-2H3,(H,20,21). The average Bonchev–Trinajstić information content (AvgIpc) is 2.57. The number of rotatable bonds is 7. The van der Waals surface area contributed by atoms with Crippen molar-refractivity contribution in [1.29, 1.82) is 0 Å². The van der Waals surface area contributed by atoms with Gasteiger partial charge in [-0.05, 0) is 41.8 Å². The molecule has 0 aliphatic rings. The molecule has 4 nitrogen and oxygen atoms in total. The molecule has 5 heteroatoms. The van der Waals surface area contributed by atoms with Crippen LogP contribution in [0.4, 0.5) is 0 Å². The molecule has 0 spiro atoms. The van der Waals surface area contributed by atoms with E-state index in [4.69, 9.17) is 21.1 Å². The van der Waals surface area contributed by atoms with Crippen LogP contribution in [-0.2, 0) is 17.6 Å². The molecule has 0 aliphatic carbocycles. The summed E-state index contributed by atoms with van der Waals surface area (Å²) in [7, 11) is 3.22. The van der Waals surface area contributed by atoms with Gasteiger partial charge in [0.2, 0.25) is 5.91 Å². The molecule has 0 saturated heterocycles. The van der Waals surface area contributed by atoms with E-state index in [1.165, 1.54) is 0 Å². The highest BCUT2D eigenvalue weighted by Gasteiger charge is 2.08. The lowest BCUT2D eigenvalue weighted by Crippen LogP contribution is -2.27. The van der Waals surface area contributed by atoms with E-state index in [1.807, 2.05) is 30.3 Å². The van der Waals surface area contributed by atoms with Gasteiger partial charge in [0, 0.05) is 11.6 Å². The molecule has 122 valence electrons. The van der Waals surface area contributed by atoms with Crippen molar-refractivity contribution in [3.63, 3.8) is 0 Å². The minimum absolute atomic E-state index is 0.0504. The molecule has 0 atom stereocenters. The fraction of sp³-hybridized carbons (Fsp3) is 0.278. The Morgan fingerprint density at radius 3 is 2.30 bits per heavy atom. The fourth-order valence-corrected chi connectivity index (χ4v) is 2.41. The van der Waals surface area contributed by atoms with Crippen LogP contribution in [0, 0.1) is 0 Å². The molecule has 2 aromatic rings. The molecule has 1 N–H and O–H groups in total. The van der Waals surface area contributed by atoms with Crippen LogP contribution in [0.2, 0.25) is 5.02 Å². The van der Waals surface area contributed by atoms with E-state index < -0.39 is 0 Å².